The van der Waals surface area contributed by atoms with Crippen molar-refractivity contribution in [3.05, 3.63) is 0 Å². The second-order valence-electron chi connectivity index (χ2n) is 4.59. The molecule has 3 heteroatoms. The molecule has 3 nitrogen and oxygen atoms in total. The Labute approximate surface area is 85.6 Å². The van der Waals surface area contributed by atoms with Crippen LogP contribution in [0.2, 0.25) is 0 Å². The molecule has 0 aromatic carbocycles. The molecular formula is C11H20N2O. The van der Waals surface area contributed by atoms with Gasteiger partial charge in [-0.15, -0.1) is 0 Å². The van der Waals surface area contributed by atoms with E-state index >= 15 is 0 Å². The van der Waals surface area contributed by atoms with Crippen molar-refractivity contribution in [2.24, 2.45) is 5.92 Å². The third-order valence-corrected chi connectivity index (χ3v) is 3.11. The van der Waals surface area contributed by atoms with Crippen molar-refractivity contribution >= 4 is 5.91 Å². The van der Waals surface area contributed by atoms with Crippen LogP contribution in [-0.4, -0.2) is 25.0 Å². The van der Waals surface area contributed by atoms with Gasteiger partial charge in [0.1, 0.15) is 0 Å². The highest BCUT2D eigenvalue weighted by molar-refractivity contribution is 5.76. The van der Waals surface area contributed by atoms with E-state index in [1.54, 1.807) is 0 Å². The maximum atomic E-state index is 11.5. The minimum absolute atomic E-state index is 0.277. The van der Waals surface area contributed by atoms with E-state index in [-0.39, 0.29) is 5.91 Å². The van der Waals surface area contributed by atoms with Gasteiger partial charge in [0.2, 0.25) is 5.91 Å². The summed E-state index contributed by atoms with van der Waals surface area (Å²) in [6.07, 6.45) is 6.72. The van der Waals surface area contributed by atoms with Crippen molar-refractivity contribution in [3.8, 4) is 0 Å². The summed E-state index contributed by atoms with van der Waals surface area (Å²) >= 11 is 0. The predicted molar refractivity (Wildman–Crippen MR) is 56.0 cm³/mol. The molecule has 1 unspecified atom stereocenters. The molecule has 0 spiro atoms. The molecule has 2 N–H and O–H groups in total. The van der Waals surface area contributed by atoms with Gasteiger partial charge in [-0.25, -0.2) is 0 Å². The third-order valence-electron chi connectivity index (χ3n) is 3.11. The van der Waals surface area contributed by atoms with Crippen LogP contribution in [0.25, 0.3) is 0 Å². The monoisotopic (exact) mass is 196 g/mol. The molecule has 2 rings (SSSR count). The van der Waals surface area contributed by atoms with Gasteiger partial charge in [0.25, 0.3) is 0 Å². The van der Waals surface area contributed by atoms with Crippen LogP contribution in [0, 0.1) is 5.92 Å². The molecule has 1 atom stereocenters. The zero-order valence-electron chi connectivity index (χ0n) is 8.72. The van der Waals surface area contributed by atoms with Gasteiger partial charge < -0.3 is 10.6 Å². The maximum absolute atomic E-state index is 11.5. The van der Waals surface area contributed by atoms with Gasteiger partial charge in [-0.05, 0) is 51.1 Å². The zero-order chi connectivity index (χ0) is 9.80. The molecule has 1 saturated carbocycles. The first kappa shape index (κ1) is 9.97. The summed E-state index contributed by atoms with van der Waals surface area (Å²) in [5.41, 5.74) is 0. The van der Waals surface area contributed by atoms with Gasteiger partial charge >= 0.3 is 0 Å². The summed E-state index contributed by atoms with van der Waals surface area (Å²) in [5.74, 6) is 0.985. The van der Waals surface area contributed by atoms with Crippen molar-refractivity contribution in [3.63, 3.8) is 0 Å². The molecule has 14 heavy (non-hydrogen) atoms. The topological polar surface area (TPSA) is 41.1 Å². The molecule has 0 radical (unpaired) electrons. The second-order valence-corrected chi connectivity index (χ2v) is 4.59. The number of amides is 1. The molecule has 0 bridgehead atoms. The number of nitrogens with one attached hydrogen (secondary N) is 2. The average Bonchev–Trinajstić information content (AvgIpc) is 2.93. The van der Waals surface area contributed by atoms with Gasteiger partial charge in [0, 0.05) is 12.5 Å². The van der Waals surface area contributed by atoms with E-state index in [4.69, 9.17) is 0 Å². The minimum Gasteiger partial charge on any atom is -0.353 e. The Bertz CT molecular complexity index is 193. The fourth-order valence-electron chi connectivity index (χ4n) is 2.03. The maximum Gasteiger partial charge on any atom is 0.220 e. The van der Waals surface area contributed by atoms with E-state index < -0.39 is 0 Å². The summed E-state index contributed by atoms with van der Waals surface area (Å²) < 4.78 is 0. The Morgan fingerprint density at radius 1 is 1.21 bits per heavy atom. The lowest BCUT2D eigenvalue weighted by atomic mass is 10.1. The van der Waals surface area contributed by atoms with E-state index in [0.29, 0.717) is 12.0 Å². The molecule has 1 heterocycles. The highest BCUT2D eigenvalue weighted by Gasteiger charge is 2.25. The largest absolute Gasteiger partial charge is 0.353 e. The SMILES string of the molecule is O=C(CC1CC1)NC1CCCNCC1. The first-order chi connectivity index (χ1) is 6.84. The zero-order valence-corrected chi connectivity index (χ0v) is 8.72. The first-order valence-corrected chi connectivity index (χ1v) is 5.84. The normalized spacial score (nSPS) is 28.1. The van der Waals surface area contributed by atoms with Crippen LogP contribution in [0.4, 0.5) is 0 Å². The fourth-order valence-corrected chi connectivity index (χ4v) is 2.03. The van der Waals surface area contributed by atoms with Crippen molar-refractivity contribution in [1.82, 2.24) is 10.6 Å². The predicted octanol–water partition coefficient (Wildman–Crippen LogP) is 1.04. The van der Waals surface area contributed by atoms with Crippen LogP contribution >= 0.6 is 0 Å². The molecule has 80 valence electrons. The molecule has 0 aromatic heterocycles. The minimum atomic E-state index is 0.277. The molecule has 1 amide bonds. The number of rotatable bonds is 3. The van der Waals surface area contributed by atoms with Crippen LogP contribution < -0.4 is 10.6 Å². The summed E-state index contributed by atoms with van der Waals surface area (Å²) in [6.45, 7) is 2.16. The Balaban J connectivity index is 1.68. The lowest BCUT2D eigenvalue weighted by Gasteiger charge is -2.15. The first-order valence-electron chi connectivity index (χ1n) is 5.84. The van der Waals surface area contributed by atoms with Gasteiger partial charge in [-0.2, -0.15) is 0 Å². The number of carbonyl (C=O) groups is 1. The lowest BCUT2D eigenvalue weighted by Crippen LogP contribution is -2.35. The van der Waals surface area contributed by atoms with Gasteiger partial charge in [-0.3, -0.25) is 4.79 Å². The standard InChI is InChI=1S/C11H20N2O/c14-11(8-9-3-4-9)13-10-2-1-6-12-7-5-10/h9-10,12H,1-8H2,(H,13,14). The van der Waals surface area contributed by atoms with E-state index in [9.17, 15) is 4.79 Å². The van der Waals surface area contributed by atoms with E-state index in [1.807, 2.05) is 0 Å². The average molecular weight is 196 g/mol. The summed E-state index contributed by atoms with van der Waals surface area (Å²) in [6, 6.07) is 0.427. The Morgan fingerprint density at radius 3 is 2.86 bits per heavy atom. The van der Waals surface area contributed by atoms with Crippen LogP contribution in [0.15, 0.2) is 0 Å². The highest BCUT2D eigenvalue weighted by Crippen LogP contribution is 2.32. The summed E-state index contributed by atoms with van der Waals surface area (Å²) in [4.78, 5) is 11.5. The Morgan fingerprint density at radius 2 is 2.07 bits per heavy atom. The summed E-state index contributed by atoms with van der Waals surface area (Å²) in [7, 11) is 0. The Hall–Kier alpha value is -0.570. The molecule has 2 fully saturated rings. The molecule has 1 saturated heterocycles. The van der Waals surface area contributed by atoms with Gasteiger partial charge in [0.05, 0.1) is 0 Å². The number of hydrogen-bond donors (Lipinski definition) is 2. The number of hydrogen-bond acceptors (Lipinski definition) is 2. The van der Waals surface area contributed by atoms with Gasteiger partial charge in [-0.1, -0.05) is 0 Å². The van der Waals surface area contributed by atoms with Crippen molar-refractivity contribution in [1.29, 1.82) is 0 Å². The van der Waals surface area contributed by atoms with Crippen molar-refractivity contribution in [2.45, 2.75) is 44.6 Å². The summed E-state index contributed by atoms with van der Waals surface area (Å²) in [5, 5.41) is 6.50. The van der Waals surface area contributed by atoms with Crippen LogP contribution in [0.5, 0.6) is 0 Å². The van der Waals surface area contributed by atoms with Crippen LogP contribution in [0.1, 0.15) is 38.5 Å². The van der Waals surface area contributed by atoms with Crippen LogP contribution in [0.3, 0.4) is 0 Å². The molecule has 1 aliphatic heterocycles. The number of carbonyl (C=O) groups excluding carboxylic acids is 1. The molecule has 1 aliphatic carbocycles. The van der Waals surface area contributed by atoms with Gasteiger partial charge in [0.15, 0.2) is 0 Å². The highest BCUT2D eigenvalue weighted by atomic mass is 16.1. The third kappa shape index (κ3) is 3.29. The Kier molecular flexibility index (Phi) is 3.40. The van der Waals surface area contributed by atoms with E-state index in [2.05, 4.69) is 10.6 Å². The lowest BCUT2D eigenvalue weighted by molar-refractivity contribution is -0.122. The quantitative estimate of drug-likeness (QED) is 0.708. The van der Waals surface area contributed by atoms with Crippen molar-refractivity contribution < 1.29 is 4.79 Å². The smallest absolute Gasteiger partial charge is 0.220 e. The molecular weight excluding hydrogens is 176 g/mol. The van der Waals surface area contributed by atoms with E-state index in [0.717, 1.165) is 32.4 Å². The van der Waals surface area contributed by atoms with Crippen molar-refractivity contribution in [2.75, 3.05) is 13.1 Å². The molecule has 2 aliphatic rings. The van der Waals surface area contributed by atoms with Crippen LogP contribution in [-0.2, 0) is 4.79 Å². The van der Waals surface area contributed by atoms with E-state index in [1.165, 1.54) is 19.3 Å². The fraction of sp³-hybridized carbons (Fsp3) is 0.909. The molecule has 0 aromatic rings. The second kappa shape index (κ2) is 4.78.